The molecule has 0 aliphatic heterocycles. The minimum Gasteiger partial charge on any atom is -0.279 e. The molecule has 0 aliphatic rings. The number of anilines is 1. The predicted molar refractivity (Wildman–Crippen MR) is 127 cm³/mol. The minimum atomic E-state index is -0.0653. The summed E-state index contributed by atoms with van der Waals surface area (Å²) >= 11 is 7.62. The van der Waals surface area contributed by atoms with Gasteiger partial charge in [0.15, 0.2) is 5.13 Å². The van der Waals surface area contributed by atoms with Gasteiger partial charge in [-0.15, -0.1) is 0 Å². The first kappa shape index (κ1) is 20.6. The van der Waals surface area contributed by atoms with Crippen LogP contribution in [-0.4, -0.2) is 10.9 Å². The quantitative estimate of drug-likeness (QED) is 0.343. The summed E-state index contributed by atoms with van der Waals surface area (Å²) in [6.45, 7) is 6.95. The van der Waals surface area contributed by atoms with Crippen molar-refractivity contribution in [2.75, 3.05) is 4.90 Å². The van der Waals surface area contributed by atoms with E-state index in [2.05, 4.69) is 20.8 Å². The zero-order valence-electron chi connectivity index (χ0n) is 17.2. The summed E-state index contributed by atoms with van der Waals surface area (Å²) in [4.78, 5) is 20.0. The molecule has 30 heavy (non-hydrogen) atoms. The van der Waals surface area contributed by atoms with Gasteiger partial charge in [-0.1, -0.05) is 86.2 Å². The zero-order valence-corrected chi connectivity index (χ0v) is 18.8. The second kappa shape index (κ2) is 8.21. The Kier molecular flexibility index (Phi) is 5.63. The van der Waals surface area contributed by atoms with Crippen molar-refractivity contribution in [2.45, 2.75) is 32.7 Å². The Balaban J connectivity index is 1.73. The number of hydrogen-bond donors (Lipinski definition) is 0. The number of amides is 1. The third kappa shape index (κ3) is 4.40. The molecule has 5 heteroatoms. The first-order chi connectivity index (χ1) is 14.3. The lowest BCUT2D eigenvalue weighted by atomic mass is 9.86. The molecule has 0 atom stereocenters. The van der Waals surface area contributed by atoms with E-state index in [0.717, 1.165) is 15.8 Å². The normalized spacial score (nSPS) is 11.6. The molecule has 0 radical (unpaired) electrons. The van der Waals surface area contributed by atoms with E-state index in [9.17, 15) is 4.79 Å². The molecule has 4 rings (SSSR count). The van der Waals surface area contributed by atoms with Gasteiger partial charge in [0.25, 0.3) is 5.91 Å². The van der Waals surface area contributed by atoms with Crippen LogP contribution in [0.15, 0.2) is 72.8 Å². The summed E-state index contributed by atoms with van der Waals surface area (Å²) in [7, 11) is 0. The van der Waals surface area contributed by atoms with Gasteiger partial charge in [0.1, 0.15) is 0 Å². The van der Waals surface area contributed by atoms with Crippen LogP contribution in [0.1, 0.15) is 42.3 Å². The first-order valence-electron chi connectivity index (χ1n) is 9.84. The van der Waals surface area contributed by atoms with Crippen molar-refractivity contribution in [3.05, 3.63) is 94.5 Å². The van der Waals surface area contributed by atoms with Crippen molar-refractivity contribution in [2.24, 2.45) is 0 Å². The number of carbonyl (C=O) groups is 1. The van der Waals surface area contributed by atoms with E-state index in [4.69, 9.17) is 16.6 Å². The van der Waals surface area contributed by atoms with Crippen molar-refractivity contribution < 1.29 is 4.79 Å². The molecule has 1 amide bonds. The highest BCUT2D eigenvalue weighted by Crippen LogP contribution is 2.32. The lowest BCUT2D eigenvalue weighted by Gasteiger charge is -2.22. The molecule has 1 heterocycles. The van der Waals surface area contributed by atoms with Crippen LogP contribution < -0.4 is 4.90 Å². The Morgan fingerprint density at radius 1 is 1.00 bits per heavy atom. The molecule has 4 aromatic rings. The highest BCUT2D eigenvalue weighted by atomic mass is 35.5. The average Bonchev–Trinajstić information content (AvgIpc) is 3.14. The SMILES string of the molecule is CC(C)(C)c1ccc(C(=O)N(Cc2ccccc2)c2nc3ccc(Cl)cc3s2)cc1. The van der Waals surface area contributed by atoms with Crippen molar-refractivity contribution in [3.63, 3.8) is 0 Å². The second-order valence-electron chi connectivity index (χ2n) is 8.31. The number of thiazole rings is 1. The van der Waals surface area contributed by atoms with Gasteiger partial charge in [0.05, 0.1) is 16.8 Å². The fourth-order valence-corrected chi connectivity index (χ4v) is 4.50. The number of halogens is 1. The molecule has 0 spiro atoms. The summed E-state index contributed by atoms with van der Waals surface area (Å²) in [5, 5.41) is 1.33. The Bertz CT molecular complexity index is 1180. The summed E-state index contributed by atoms with van der Waals surface area (Å²) < 4.78 is 0.964. The fraction of sp³-hybridized carbons (Fsp3) is 0.200. The maximum Gasteiger partial charge on any atom is 0.260 e. The molecule has 1 aromatic heterocycles. The Morgan fingerprint density at radius 3 is 2.37 bits per heavy atom. The van der Waals surface area contributed by atoms with Gasteiger partial charge in [-0.25, -0.2) is 4.98 Å². The van der Waals surface area contributed by atoms with Crippen LogP contribution in [0.2, 0.25) is 5.02 Å². The van der Waals surface area contributed by atoms with Gasteiger partial charge < -0.3 is 0 Å². The largest absolute Gasteiger partial charge is 0.279 e. The number of benzene rings is 3. The Labute approximate surface area is 186 Å². The highest BCUT2D eigenvalue weighted by molar-refractivity contribution is 7.22. The number of carbonyl (C=O) groups excluding carboxylic acids is 1. The number of hydrogen-bond acceptors (Lipinski definition) is 3. The molecular weight excluding hydrogens is 412 g/mol. The minimum absolute atomic E-state index is 0.0393. The molecule has 0 bridgehead atoms. The molecule has 0 saturated carbocycles. The molecule has 0 fully saturated rings. The smallest absolute Gasteiger partial charge is 0.260 e. The molecular formula is C25H23ClN2OS. The van der Waals surface area contributed by atoms with Crippen LogP contribution in [-0.2, 0) is 12.0 Å². The van der Waals surface area contributed by atoms with Crippen LogP contribution in [0, 0.1) is 0 Å². The highest BCUT2D eigenvalue weighted by Gasteiger charge is 2.23. The van der Waals surface area contributed by atoms with E-state index < -0.39 is 0 Å². The lowest BCUT2D eigenvalue weighted by Crippen LogP contribution is -2.30. The average molecular weight is 435 g/mol. The zero-order chi connectivity index (χ0) is 21.3. The maximum absolute atomic E-state index is 13.5. The fourth-order valence-electron chi connectivity index (χ4n) is 3.26. The van der Waals surface area contributed by atoms with Crippen LogP contribution in [0.4, 0.5) is 5.13 Å². The third-order valence-electron chi connectivity index (χ3n) is 5.00. The molecule has 3 nitrogen and oxygen atoms in total. The monoisotopic (exact) mass is 434 g/mol. The number of fused-ring (bicyclic) bond motifs is 1. The van der Waals surface area contributed by atoms with Crippen molar-refractivity contribution in [1.82, 2.24) is 4.98 Å². The topological polar surface area (TPSA) is 33.2 Å². The number of nitrogens with zero attached hydrogens (tertiary/aromatic N) is 2. The van der Waals surface area contributed by atoms with Crippen LogP contribution >= 0.6 is 22.9 Å². The van der Waals surface area contributed by atoms with Crippen molar-refractivity contribution >= 4 is 44.2 Å². The van der Waals surface area contributed by atoms with Gasteiger partial charge in [0.2, 0.25) is 0 Å². The molecule has 0 N–H and O–H groups in total. The molecule has 0 unspecified atom stereocenters. The van der Waals surface area contributed by atoms with Crippen LogP contribution in [0.5, 0.6) is 0 Å². The van der Waals surface area contributed by atoms with Gasteiger partial charge in [0, 0.05) is 10.6 Å². The van der Waals surface area contributed by atoms with Gasteiger partial charge in [-0.2, -0.15) is 0 Å². The van der Waals surface area contributed by atoms with Crippen LogP contribution in [0.3, 0.4) is 0 Å². The van der Waals surface area contributed by atoms with E-state index in [1.807, 2.05) is 72.8 Å². The van der Waals surface area contributed by atoms with Gasteiger partial charge >= 0.3 is 0 Å². The van der Waals surface area contributed by atoms with Crippen molar-refractivity contribution in [3.8, 4) is 0 Å². The summed E-state index contributed by atoms with van der Waals surface area (Å²) in [5.74, 6) is -0.0653. The maximum atomic E-state index is 13.5. The number of aromatic nitrogens is 1. The summed E-state index contributed by atoms with van der Waals surface area (Å²) in [6, 6.07) is 23.5. The first-order valence-corrected chi connectivity index (χ1v) is 11.0. The predicted octanol–water partition coefficient (Wildman–Crippen LogP) is 7.09. The molecule has 3 aromatic carbocycles. The van der Waals surface area contributed by atoms with Gasteiger partial charge in [-0.05, 0) is 46.9 Å². The molecule has 152 valence electrons. The van der Waals surface area contributed by atoms with E-state index in [0.29, 0.717) is 22.3 Å². The molecule has 0 saturated heterocycles. The molecule has 0 aliphatic carbocycles. The van der Waals surface area contributed by atoms with Crippen molar-refractivity contribution in [1.29, 1.82) is 0 Å². The summed E-state index contributed by atoms with van der Waals surface area (Å²) in [6.07, 6.45) is 0. The van der Waals surface area contributed by atoms with E-state index in [1.54, 1.807) is 4.90 Å². The van der Waals surface area contributed by atoms with E-state index in [-0.39, 0.29) is 11.3 Å². The Morgan fingerprint density at radius 2 is 1.70 bits per heavy atom. The van der Waals surface area contributed by atoms with Gasteiger partial charge in [-0.3, -0.25) is 9.69 Å². The summed E-state index contributed by atoms with van der Waals surface area (Å²) in [5.41, 5.74) is 3.78. The second-order valence-corrected chi connectivity index (χ2v) is 9.76. The Hall–Kier alpha value is -2.69. The van der Waals surface area contributed by atoms with E-state index in [1.165, 1.54) is 16.9 Å². The third-order valence-corrected chi connectivity index (χ3v) is 6.27. The standard InChI is InChI=1S/C25H23ClN2OS/c1-25(2,3)19-11-9-18(10-12-19)23(29)28(16-17-7-5-4-6-8-17)24-27-21-14-13-20(26)15-22(21)30-24/h4-15H,16H2,1-3H3. The van der Waals surface area contributed by atoms with E-state index >= 15 is 0 Å². The van der Waals surface area contributed by atoms with Crippen LogP contribution in [0.25, 0.3) is 10.2 Å². The number of rotatable bonds is 4. The lowest BCUT2D eigenvalue weighted by molar-refractivity contribution is 0.0985.